The predicted molar refractivity (Wildman–Crippen MR) is 85.9 cm³/mol. The summed E-state index contributed by atoms with van der Waals surface area (Å²) >= 11 is 0. The maximum Gasteiger partial charge on any atom is 0.228 e. The van der Waals surface area contributed by atoms with Gasteiger partial charge in [-0.15, -0.1) is 12.4 Å². The van der Waals surface area contributed by atoms with E-state index in [-0.39, 0.29) is 24.2 Å². The van der Waals surface area contributed by atoms with E-state index in [1.807, 2.05) is 24.3 Å². The van der Waals surface area contributed by atoms with E-state index in [4.69, 9.17) is 4.52 Å². The lowest BCUT2D eigenvalue weighted by molar-refractivity contribution is -0.120. The van der Waals surface area contributed by atoms with Crippen LogP contribution in [-0.4, -0.2) is 29.1 Å². The zero-order valence-corrected chi connectivity index (χ0v) is 13.2. The summed E-state index contributed by atoms with van der Waals surface area (Å²) in [6.07, 6.45) is 1.98. The smallest absolute Gasteiger partial charge is 0.228 e. The fraction of sp³-hybridized carbons (Fsp3) is 0.400. The molecule has 7 heteroatoms. The van der Waals surface area contributed by atoms with E-state index in [0.717, 1.165) is 37.2 Å². The number of carbonyl (C=O) groups excluding carboxylic acids is 1. The number of amides is 1. The summed E-state index contributed by atoms with van der Waals surface area (Å²) in [6, 6.07) is 7.49. The van der Waals surface area contributed by atoms with Gasteiger partial charge in [0.2, 0.25) is 17.6 Å². The third-order valence-corrected chi connectivity index (χ3v) is 3.58. The summed E-state index contributed by atoms with van der Waals surface area (Å²) in [5, 5.41) is 10.1. The third kappa shape index (κ3) is 3.84. The van der Waals surface area contributed by atoms with E-state index >= 15 is 0 Å². The van der Waals surface area contributed by atoms with E-state index in [1.54, 1.807) is 6.92 Å². The number of rotatable bonds is 3. The lowest BCUT2D eigenvalue weighted by Gasteiger charge is -2.21. The molecule has 22 heavy (non-hydrogen) atoms. The molecule has 1 aliphatic rings. The van der Waals surface area contributed by atoms with Crippen LogP contribution in [0.3, 0.4) is 0 Å². The van der Waals surface area contributed by atoms with Gasteiger partial charge in [0.05, 0.1) is 5.92 Å². The van der Waals surface area contributed by atoms with Crippen molar-refractivity contribution in [2.45, 2.75) is 19.8 Å². The van der Waals surface area contributed by atoms with Gasteiger partial charge in [0, 0.05) is 24.7 Å². The molecule has 0 aliphatic carbocycles. The minimum absolute atomic E-state index is 0. The van der Waals surface area contributed by atoms with Crippen LogP contribution < -0.4 is 10.6 Å². The van der Waals surface area contributed by atoms with Gasteiger partial charge >= 0.3 is 0 Å². The maximum absolute atomic E-state index is 12.2. The molecule has 3 rings (SSSR count). The number of nitrogens with zero attached hydrogens (tertiary/aromatic N) is 2. The molecule has 0 bridgehead atoms. The highest BCUT2D eigenvalue weighted by atomic mass is 35.5. The molecule has 1 saturated heterocycles. The number of aromatic nitrogens is 2. The molecular formula is C15H19ClN4O2. The van der Waals surface area contributed by atoms with Crippen LogP contribution in [0.4, 0.5) is 5.69 Å². The molecule has 1 unspecified atom stereocenters. The van der Waals surface area contributed by atoms with Gasteiger partial charge in [-0.2, -0.15) is 4.98 Å². The van der Waals surface area contributed by atoms with Crippen LogP contribution in [0, 0.1) is 12.8 Å². The fourth-order valence-corrected chi connectivity index (χ4v) is 2.47. The molecule has 0 saturated carbocycles. The van der Waals surface area contributed by atoms with E-state index in [0.29, 0.717) is 11.7 Å². The lowest BCUT2D eigenvalue weighted by atomic mass is 9.99. The first-order chi connectivity index (χ1) is 10.2. The second-order valence-corrected chi connectivity index (χ2v) is 5.25. The van der Waals surface area contributed by atoms with Crippen LogP contribution in [0.15, 0.2) is 28.8 Å². The Morgan fingerprint density at radius 3 is 3.00 bits per heavy atom. The maximum atomic E-state index is 12.2. The topological polar surface area (TPSA) is 80.0 Å². The Morgan fingerprint density at radius 2 is 2.32 bits per heavy atom. The largest absolute Gasteiger partial charge is 0.339 e. The predicted octanol–water partition coefficient (Wildman–Crippen LogP) is 2.40. The summed E-state index contributed by atoms with van der Waals surface area (Å²) in [6.45, 7) is 3.49. The standard InChI is InChI=1S/C15H18N4O2.ClH/c1-10-17-14(19-21-10)11-4-2-6-13(8-11)18-15(20)12-5-3-7-16-9-12;/h2,4,6,8,12,16H,3,5,7,9H2,1H3,(H,18,20);1H. The second-order valence-electron chi connectivity index (χ2n) is 5.25. The zero-order chi connectivity index (χ0) is 14.7. The van der Waals surface area contributed by atoms with Crippen molar-refractivity contribution in [2.24, 2.45) is 5.92 Å². The molecular weight excluding hydrogens is 304 g/mol. The minimum Gasteiger partial charge on any atom is -0.339 e. The molecule has 6 nitrogen and oxygen atoms in total. The Balaban J connectivity index is 0.00000176. The number of anilines is 1. The van der Waals surface area contributed by atoms with Crippen LogP contribution in [0.2, 0.25) is 0 Å². The van der Waals surface area contributed by atoms with Crippen molar-refractivity contribution in [2.75, 3.05) is 18.4 Å². The molecule has 1 atom stereocenters. The Labute approximate surface area is 135 Å². The molecule has 1 aromatic heterocycles. The van der Waals surface area contributed by atoms with Crippen LogP contribution in [0.5, 0.6) is 0 Å². The van der Waals surface area contributed by atoms with Gasteiger partial charge in [-0.05, 0) is 31.5 Å². The Hall–Kier alpha value is -1.92. The fourth-order valence-electron chi connectivity index (χ4n) is 2.47. The van der Waals surface area contributed by atoms with Crippen molar-refractivity contribution in [3.63, 3.8) is 0 Å². The van der Waals surface area contributed by atoms with Crippen molar-refractivity contribution in [3.05, 3.63) is 30.2 Å². The van der Waals surface area contributed by atoms with Gasteiger partial charge in [-0.1, -0.05) is 17.3 Å². The number of benzene rings is 1. The normalized spacial score (nSPS) is 17.6. The van der Waals surface area contributed by atoms with Gasteiger partial charge in [-0.25, -0.2) is 0 Å². The van der Waals surface area contributed by atoms with E-state index in [2.05, 4.69) is 20.8 Å². The number of halogens is 1. The third-order valence-electron chi connectivity index (χ3n) is 3.58. The number of carbonyl (C=O) groups is 1. The van der Waals surface area contributed by atoms with Gasteiger partial charge in [0.25, 0.3) is 0 Å². The van der Waals surface area contributed by atoms with Crippen molar-refractivity contribution in [3.8, 4) is 11.4 Å². The van der Waals surface area contributed by atoms with Gasteiger partial charge < -0.3 is 15.2 Å². The molecule has 1 amide bonds. The number of nitrogens with one attached hydrogen (secondary N) is 2. The molecule has 2 heterocycles. The molecule has 1 aromatic carbocycles. The number of aryl methyl sites for hydroxylation is 1. The summed E-state index contributed by atoms with van der Waals surface area (Å²) < 4.78 is 4.98. The molecule has 118 valence electrons. The summed E-state index contributed by atoms with van der Waals surface area (Å²) in [5.74, 6) is 1.15. The zero-order valence-electron chi connectivity index (χ0n) is 12.3. The highest BCUT2D eigenvalue weighted by molar-refractivity contribution is 5.93. The quantitative estimate of drug-likeness (QED) is 0.907. The number of piperidine rings is 1. The molecule has 1 aliphatic heterocycles. The summed E-state index contributed by atoms with van der Waals surface area (Å²) in [4.78, 5) is 16.4. The van der Waals surface area contributed by atoms with E-state index in [9.17, 15) is 4.79 Å². The molecule has 2 aromatic rings. The van der Waals surface area contributed by atoms with Crippen LogP contribution in [0.25, 0.3) is 11.4 Å². The monoisotopic (exact) mass is 322 g/mol. The second kappa shape index (κ2) is 7.38. The molecule has 2 N–H and O–H groups in total. The SMILES string of the molecule is Cc1nc(-c2cccc(NC(=O)C3CCCNC3)c2)no1.Cl. The first-order valence-electron chi connectivity index (χ1n) is 7.15. The van der Waals surface area contributed by atoms with Gasteiger partial charge in [-0.3, -0.25) is 4.79 Å². The number of hydrogen-bond acceptors (Lipinski definition) is 5. The van der Waals surface area contributed by atoms with Gasteiger partial charge in [0.15, 0.2) is 0 Å². The lowest BCUT2D eigenvalue weighted by Crippen LogP contribution is -2.37. The van der Waals surface area contributed by atoms with Crippen molar-refractivity contribution >= 4 is 24.0 Å². The summed E-state index contributed by atoms with van der Waals surface area (Å²) in [5.41, 5.74) is 1.58. The van der Waals surface area contributed by atoms with Crippen LogP contribution in [0.1, 0.15) is 18.7 Å². The molecule has 1 fully saturated rings. The average Bonchev–Trinajstić information content (AvgIpc) is 2.95. The van der Waals surface area contributed by atoms with E-state index in [1.165, 1.54) is 0 Å². The van der Waals surface area contributed by atoms with Crippen molar-refractivity contribution < 1.29 is 9.32 Å². The minimum atomic E-state index is 0. The summed E-state index contributed by atoms with van der Waals surface area (Å²) in [7, 11) is 0. The van der Waals surface area contributed by atoms with E-state index < -0.39 is 0 Å². The first-order valence-corrected chi connectivity index (χ1v) is 7.15. The Kier molecular flexibility index (Phi) is 5.51. The van der Waals surface area contributed by atoms with Crippen molar-refractivity contribution in [1.29, 1.82) is 0 Å². The van der Waals surface area contributed by atoms with Crippen LogP contribution >= 0.6 is 12.4 Å². The van der Waals surface area contributed by atoms with Crippen LogP contribution in [-0.2, 0) is 4.79 Å². The highest BCUT2D eigenvalue weighted by Crippen LogP contribution is 2.21. The first kappa shape index (κ1) is 16.5. The van der Waals surface area contributed by atoms with Gasteiger partial charge in [0.1, 0.15) is 0 Å². The molecule has 0 spiro atoms. The van der Waals surface area contributed by atoms with Crippen molar-refractivity contribution in [1.82, 2.24) is 15.5 Å². The Bertz CT molecular complexity index is 638. The number of hydrogen-bond donors (Lipinski definition) is 2. The molecule has 0 radical (unpaired) electrons. The highest BCUT2D eigenvalue weighted by Gasteiger charge is 2.21. The Morgan fingerprint density at radius 1 is 1.45 bits per heavy atom. The average molecular weight is 323 g/mol.